The number of rotatable bonds is 2. The quantitative estimate of drug-likeness (QED) is 0.471. The number of carbonyl (C=O) groups excluding carboxylic acids is 1. The molecule has 9 heteroatoms. The van der Waals surface area contributed by atoms with Crippen molar-refractivity contribution in [3.63, 3.8) is 0 Å². The van der Waals surface area contributed by atoms with Crippen molar-refractivity contribution in [2.24, 2.45) is 0 Å². The third-order valence-corrected chi connectivity index (χ3v) is 1.71. The van der Waals surface area contributed by atoms with Gasteiger partial charge in [0, 0.05) is 6.07 Å². The number of esters is 1. The molecule has 0 unspecified atom stereocenters. The molecule has 0 aliphatic rings. The lowest BCUT2D eigenvalue weighted by molar-refractivity contribution is -0.276. The summed E-state index contributed by atoms with van der Waals surface area (Å²) in [5.41, 5.74) is 0. The number of alkyl halides is 5. The maximum Gasteiger partial charge on any atom is 0.465 e. The molecule has 0 saturated heterocycles. The van der Waals surface area contributed by atoms with Gasteiger partial charge in [0.2, 0.25) is 0 Å². The van der Waals surface area contributed by atoms with Crippen LogP contribution in [0.4, 0.5) is 30.7 Å². The molecule has 0 fully saturated rings. The van der Waals surface area contributed by atoms with E-state index in [4.69, 9.17) is 0 Å². The maximum absolute atomic E-state index is 12.8. The molecule has 1 rings (SSSR count). The van der Waals surface area contributed by atoms with E-state index in [1.807, 2.05) is 0 Å². The average Bonchev–Trinajstić information content (AvgIpc) is 2.21. The summed E-state index contributed by atoms with van der Waals surface area (Å²) in [5.74, 6) is -12.8. The van der Waals surface area contributed by atoms with Gasteiger partial charge in [-0.25, -0.2) is 13.6 Å². The van der Waals surface area contributed by atoms with E-state index in [0.717, 1.165) is 0 Å². The molecular formula is C9H3F7O2. The molecule has 100 valence electrons. The monoisotopic (exact) mass is 276 g/mol. The highest BCUT2D eigenvalue weighted by molar-refractivity contribution is 5.80. The molecule has 0 heterocycles. The van der Waals surface area contributed by atoms with Crippen molar-refractivity contribution >= 4 is 5.97 Å². The molecule has 1 aromatic carbocycles. The van der Waals surface area contributed by atoms with Crippen molar-refractivity contribution in [2.75, 3.05) is 0 Å². The molecule has 18 heavy (non-hydrogen) atoms. The Morgan fingerprint density at radius 3 is 2.11 bits per heavy atom. The van der Waals surface area contributed by atoms with E-state index >= 15 is 0 Å². The van der Waals surface area contributed by atoms with Gasteiger partial charge in [0.05, 0.1) is 0 Å². The van der Waals surface area contributed by atoms with Gasteiger partial charge in [-0.2, -0.15) is 22.0 Å². The van der Waals surface area contributed by atoms with Crippen molar-refractivity contribution < 1.29 is 40.3 Å². The van der Waals surface area contributed by atoms with E-state index in [1.54, 1.807) is 0 Å². The van der Waals surface area contributed by atoms with Crippen LogP contribution in [0, 0.1) is 11.6 Å². The summed E-state index contributed by atoms with van der Waals surface area (Å²) < 4.78 is 89.0. The molecule has 0 radical (unpaired) electrons. The first-order chi connectivity index (χ1) is 8.05. The van der Waals surface area contributed by atoms with Crippen LogP contribution < -0.4 is 4.74 Å². The molecule has 0 aliphatic carbocycles. The Morgan fingerprint density at radius 2 is 1.61 bits per heavy atom. The SMILES string of the molecule is O=C(Oc1cc(F)ccc1F)C(F)(F)C(F)(F)F. The topological polar surface area (TPSA) is 26.3 Å². The van der Waals surface area contributed by atoms with Gasteiger partial charge in [0.15, 0.2) is 11.6 Å². The fourth-order valence-electron chi connectivity index (χ4n) is 0.835. The zero-order chi connectivity index (χ0) is 14.1. The average molecular weight is 276 g/mol. The molecule has 0 aromatic heterocycles. The second kappa shape index (κ2) is 4.46. The Hall–Kier alpha value is -1.80. The fourth-order valence-corrected chi connectivity index (χ4v) is 0.835. The van der Waals surface area contributed by atoms with Crippen LogP contribution in [0.3, 0.4) is 0 Å². The van der Waals surface area contributed by atoms with E-state index < -0.39 is 35.5 Å². The number of ether oxygens (including phenoxy) is 1. The molecule has 0 N–H and O–H groups in total. The second-order valence-corrected chi connectivity index (χ2v) is 3.04. The van der Waals surface area contributed by atoms with Crippen molar-refractivity contribution in [3.8, 4) is 5.75 Å². The molecule has 0 atom stereocenters. The van der Waals surface area contributed by atoms with Crippen LogP contribution >= 0.6 is 0 Å². The van der Waals surface area contributed by atoms with Crippen LogP contribution in [0.25, 0.3) is 0 Å². The molecule has 0 bridgehead atoms. The summed E-state index contributed by atoms with van der Waals surface area (Å²) in [4.78, 5) is 10.6. The van der Waals surface area contributed by atoms with E-state index in [-0.39, 0.29) is 6.07 Å². The molecule has 1 aromatic rings. The second-order valence-electron chi connectivity index (χ2n) is 3.04. The van der Waals surface area contributed by atoms with Crippen LogP contribution in [-0.4, -0.2) is 18.1 Å². The molecule has 0 amide bonds. The molecule has 0 saturated carbocycles. The predicted molar refractivity (Wildman–Crippen MR) is 43.0 cm³/mol. The van der Waals surface area contributed by atoms with E-state index in [1.165, 1.54) is 0 Å². The lowest BCUT2D eigenvalue weighted by Crippen LogP contribution is -2.46. The first-order valence-electron chi connectivity index (χ1n) is 4.17. The van der Waals surface area contributed by atoms with E-state index in [0.29, 0.717) is 12.1 Å². The summed E-state index contributed by atoms with van der Waals surface area (Å²) in [5, 5.41) is 0. The first-order valence-corrected chi connectivity index (χ1v) is 4.17. The van der Waals surface area contributed by atoms with Gasteiger partial charge in [0.1, 0.15) is 5.82 Å². The normalized spacial score (nSPS) is 12.4. The first kappa shape index (κ1) is 14.3. The third-order valence-electron chi connectivity index (χ3n) is 1.71. The number of carbonyl (C=O) groups is 1. The van der Waals surface area contributed by atoms with Crippen molar-refractivity contribution in [1.29, 1.82) is 0 Å². The summed E-state index contributed by atoms with van der Waals surface area (Å²) >= 11 is 0. The van der Waals surface area contributed by atoms with Crippen LogP contribution in [0.1, 0.15) is 0 Å². The van der Waals surface area contributed by atoms with Gasteiger partial charge in [0.25, 0.3) is 0 Å². The zero-order valence-electron chi connectivity index (χ0n) is 8.19. The van der Waals surface area contributed by atoms with Crippen LogP contribution in [0.5, 0.6) is 5.75 Å². The largest absolute Gasteiger partial charge is 0.465 e. The van der Waals surface area contributed by atoms with Crippen LogP contribution in [0.2, 0.25) is 0 Å². The minimum atomic E-state index is -6.19. The minimum Gasteiger partial charge on any atom is -0.419 e. The number of halogens is 7. The van der Waals surface area contributed by atoms with Gasteiger partial charge in [-0.15, -0.1) is 0 Å². The lowest BCUT2D eigenvalue weighted by Gasteiger charge is -2.17. The van der Waals surface area contributed by atoms with Gasteiger partial charge in [-0.3, -0.25) is 0 Å². The van der Waals surface area contributed by atoms with Crippen molar-refractivity contribution in [2.45, 2.75) is 12.1 Å². The Morgan fingerprint density at radius 1 is 1.06 bits per heavy atom. The van der Waals surface area contributed by atoms with E-state index in [9.17, 15) is 35.5 Å². The predicted octanol–water partition coefficient (Wildman–Crippen LogP) is 3.07. The highest BCUT2D eigenvalue weighted by Crippen LogP contribution is 2.36. The number of benzene rings is 1. The molecule has 2 nitrogen and oxygen atoms in total. The Bertz CT molecular complexity index is 466. The minimum absolute atomic E-state index is 0.166. The number of hydrogen-bond donors (Lipinski definition) is 0. The van der Waals surface area contributed by atoms with Crippen molar-refractivity contribution in [1.82, 2.24) is 0 Å². The van der Waals surface area contributed by atoms with Gasteiger partial charge < -0.3 is 4.74 Å². The zero-order valence-corrected chi connectivity index (χ0v) is 8.19. The summed E-state index contributed by atoms with van der Waals surface area (Å²) in [7, 11) is 0. The highest BCUT2D eigenvalue weighted by Gasteiger charge is 2.65. The summed E-state index contributed by atoms with van der Waals surface area (Å²) in [6.45, 7) is 0. The maximum atomic E-state index is 12.8. The summed E-state index contributed by atoms with van der Waals surface area (Å²) in [6, 6.07) is 1.14. The Kier molecular flexibility index (Phi) is 3.54. The summed E-state index contributed by atoms with van der Waals surface area (Å²) in [6.07, 6.45) is -6.19. The van der Waals surface area contributed by atoms with Gasteiger partial charge in [-0.1, -0.05) is 0 Å². The molecular weight excluding hydrogens is 273 g/mol. The van der Waals surface area contributed by atoms with Gasteiger partial charge in [-0.05, 0) is 12.1 Å². The Balaban J connectivity index is 2.98. The lowest BCUT2D eigenvalue weighted by atomic mass is 10.3. The standard InChI is InChI=1S/C9H3F7O2/c10-4-1-2-5(11)6(3-4)18-7(17)8(12,13)9(14,15)16/h1-3H. The third kappa shape index (κ3) is 2.71. The fraction of sp³-hybridized carbons (Fsp3) is 0.222. The molecule has 0 aliphatic heterocycles. The Labute approximate surface area is 95.0 Å². The number of hydrogen-bond acceptors (Lipinski definition) is 2. The van der Waals surface area contributed by atoms with Gasteiger partial charge >= 0.3 is 18.1 Å². The molecule has 0 spiro atoms. The van der Waals surface area contributed by atoms with E-state index in [2.05, 4.69) is 4.74 Å². The smallest absolute Gasteiger partial charge is 0.419 e. The highest BCUT2D eigenvalue weighted by atomic mass is 19.4. The van der Waals surface area contributed by atoms with Crippen LogP contribution in [-0.2, 0) is 4.79 Å². The van der Waals surface area contributed by atoms with Crippen LogP contribution in [0.15, 0.2) is 18.2 Å². The van der Waals surface area contributed by atoms with Crippen molar-refractivity contribution in [3.05, 3.63) is 29.8 Å².